The maximum atomic E-state index is 12.5. The molecule has 0 spiro atoms. The molecule has 1 unspecified atom stereocenters. The molecule has 1 rings (SSSR count). The number of carbonyl (C=O) groups is 4. The first kappa shape index (κ1) is 31.1. The average Bonchev–Trinajstić information content (AvgIpc) is 2.73. The maximum Gasteiger partial charge on any atom is 0.323 e. The first-order valence-corrected chi connectivity index (χ1v) is 12.2. The van der Waals surface area contributed by atoms with Crippen molar-refractivity contribution in [3.05, 3.63) is 23.8 Å². The van der Waals surface area contributed by atoms with Crippen molar-refractivity contribution in [2.75, 3.05) is 0 Å². The third-order valence-corrected chi connectivity index (χ3v) is 5.13. The van der Waals surface area contributed by atoms with Crippen LogP contribution in [0, 0.1) is 10.8 Å². The standard InChI is InChI=1S/C27H41NO8/c1-10-11-22(29)33-16(2)17(3)34-23(30)19(28)14-18-12-13-20(35-24(31)26(4,5)6)21(15-18)36-25(32)27(7,8)9/h12-13,15-17,19H,10-11,14,28H2,1-9H3/t16?,17-,19-/m0/s1. The fourth-order valence-corrected chi connectivity index (χ4v) is 2.62. The number of esters is 4. The van der Waals surface area contributed by atoms with Gasteiger partial charge in [-0.15, -0.1) is 0 Å². The molecule has 0 saturated heterocycles. The Morgan fingerprint density at radius 1 is 0.833 bits per heavy atom. The minimum Gasteiger partial charge on any atom is -0.459 e. The molecule has 0 aromatic heterocycles. The van der Waals surface area contributed by atoms with Gasteiger partial charge in [-0.2, -0.15) is 0 Å². The Morgan fingerprint density at radius 2 is 1.33 bits per heavy atom. The van der Waals surface area contributed by atoms with E-state index in [1.165, 1.54) is 12.1 Å². The molecule has 0 radical (unpaired) electrons. The molecule has 0 aliphatic heterocycles. The van der Waals surface area contributed by atoms with Gasteiger partial charge in [0.1, 0.15) is 18.2 Å². The summed E-state index contributed by atoms with van der Waals surface area (Å²) in [5.41, 5.74) is 5.07. The van der Waals surface area contributed by atoms with Crippen LogP contribution in [0.2, 0.25) is 0 Å². The fraction of sp³-hybridized carbons (Fsp3) is 0.630. The van der Waals surface area contributed by atoms with E-state index in [0.717, 1.165) is 0 Å². The Morgan fingerprint density at radius 3 is 1.83 bits per heavy atom. The van der Waals surface area contributed by atoms with E-state index in [-0.39, 0.29) is 30.3 Å². The first-order valence-electron chi connectivity index (χ1n) is 12.2. The normalized spacial score (nSPS) is 14.3. The zero-order chi connectivity index (χ0) is 27.8. The predicted octanol–water partition coefficient (Wildman–Crippen LogP) is 4.12. The van der Waals surface area contributed by atoms with Crippen LogP contribution in [-0.2, 0) is 35.1 Å². The summed E-state index contributed by atoms with van der Waals surface area (Å²) < 4.78 is 21.7. The minimum atomic E-state index is -1.03. The molecule has 0 amide bonds. The van der Waals surface area contributed by atoms with Crippen LogP contribution < -0.4 is 15.2 Å². The lowest BCUT2D eigenvalue weighted by Gasteiger charge is -2.23. The summed E-state index contributed by atoms with van der Waals surface area (Å²) in [5.74, 6) is -1.90. The molecule has 0 bridgehead atoms. The van der Waals surface area contributed by atoms with Gasteiger partial charge in [-0.1, -0.05) is 13.0 Å². The number of rotatable bonds is 10. The summed E-state index contributed by atoms with van der Waals surface area (Å²) >= 11 is 0. The Labute approximate surface area is 214 Å². The number of hydrogen-bond acceptors (Lipinski definition) is 9. The monoisotopic (exact) mass is 507 g/mol. The SMILES string of the molecule is CCCC(=O)OC(C)[C@H](C)OC(=O)[C@@H](N)Cc1ccc(OC(=O)C(C)(C)C)c(OC(=O)C(C)(C)C)c1. The van der Waals surface area contributed by atoms with Crippen molar-refractivity contribution in [2.45, 2.75) is 99.8 Å². The van der Waals surface area contributed by atoms with Crippen molar-refractivity contribution >= 4 is 23.9 Å². The third kappa shape index (κ3) is 9.97. The van der Waals surface area contributed by atoms with E-state index in [0.29, 0.717) is 12.0 Å². The third-order valence-electron chi connectivity index (χ3n) is 5.13. The van der Waals surface area contributed by atoms with E-state index in [4.69, 9.17) is 24.7 Å². The molecular formula is C27H41NO8. The fourth-order valence-electron chi connectivity index (χ4n) is 2.62. The summed E-state index contributed by atoms with van der Waals surface area (Å²) in [7, 11) is 0. The lowest BCUT2D eigenvalue weighted by Crippen LogP contribution is -2.39. The van der Waals surface area contributed by atoms with E-state index in [1.54, 1.807) is 61.5 Å². The zero-order valence-corrected chi connectivity index (χ0v) is 22.9. The number of ether oxygens (including phenoxy) is 4. The molecule has 0 saturated carbocycles. The first-order chi connectivity index (χ1) is 16.4. The Kier molecular flexibility index (Phi) is 11.1. The predicted molar refractivity (Wildman–Crippen MR) is 134 cm³/mol. The second kappa shape index (κ2) is 12.9. The van der Waals surface area contributed by atoms with Gasteiger partial charge in [0, 0.05) is 6.42 Å². The minimum absolute atomic E-state index is 0.0513. The number of benzene rings is 1. The lowest BCUT2D eigenvalue weighted by atomic mass is 9.97. The summed E-state index contributed by atoms with van der Waals surface area (Å²) in [5, 5.41) is 0. The molecule has 9 heteroatoms. The molecule has 202 valence electrons. The topological polar surface area (TPSA) is 131 Å². The molecule has 0 aliphatic rings. The maximum absolute atomic E-state index is 12.5. The van der Waals surface area contributed by atoms with Gasteiger partial charge in [-0.3, -0.25) is 19.2 Å². The Balaban J connectivity index is 3.01. The average molecular weight is 508 g/mol. The summed E-state index contributed by atoms with van der Waals surface area (Å²) in [6.45, 7) is 15.4. The summed E-state index contributed by atoms with van der Waals surface area (Å²) in [6.07, 6.45) is -0.296. The Hall–Kier alpha value is -2.94. The van der Waals surface area contributed by atoms with Crippen LogP contribution in [0.15, 0.2) is 18.2 Å². The molecule has 2 N–H and O–H groups in total. The van der Waals surface area contributed by atoms with Gasteiger partial charge in [0.05, 0.1) is 10.8 Å². The highest BCUT2D eigenvalue weighted by Gasteiger charge is 2.29. The van der Waals surface area contributed by atoms with Crippen molar-refractivity contribution in [3.8, 4) is 11.5 Å². The van der Waals surface area contributed by atoms with Gasteiger partial charge in [0.2, 0.25) is 0 Å². The van der Waals surface area contributed by atoms with Crippen molar-refractivity contribution < 1.29 is 38.1 Å². The van der Waals surface area contributed by atoms with Gasteiger partial charge in [0.25, 0.3) is 0 Å². The lowest BCUT2D eigenvalue weighted by molar-refractivity contribution is -0.166. The van der Waals surface area contributed by atoms with Crippen molar-refractivity contribution in [3.63, 3.8) is 0 Å². The highest BCUT2D eigenvalue weighted by atomic mass is 16.6. The number of hydrogen-bond donors (Lipinski definition) is 1. The van der Waals surface area contributed by atoms with Crippen LogP contribution in [0.4, 0.5) is 0 Å². The van der Waals surface area contributed by atoms with E-state index < -0.39 is 47.0 Å². The highest BCUT2D eigenvalue weighted by Crippen LogP contribution is 2.33. The van der Waals surface area contributed by atoms with Gasteiger partial charge in [0.15, 0.2) is 11.5 Å². The van der Waals surface area contributed by atoms with Crippen molar-refractivity contribution in [1.29, 1.82) is 0 Å². The molecule has 0 aliphatic carbocycles. The number of carbonyl (C=O) groups excluding carboxylic acids is 4. The molecule has 1 aromatic rings. The molecule has 9 nitrogen and oxygen atoms in total. The number of nitrogens with two attached hydrogens (primary N) is 1. The summed E-state index contributed by atoms with van der Waals surface area (Å²) in [4.78, 5) is 49.2. The Bertz CT molecular complexity index is 942. The molecule has 36 heavy (non-hydrogen) atoms. The molecule has 0 heterocycles. The molecule has 0 fully saturated rings. The summed E-state index contributed by atoms with van der Waals surface area (Å²) in [6, 6.07) is 3.62. The van der Waals surface area contributed by atoms with Crippen LogP contribution in [0.25, 0.3) is 0 Å². The largest absolute Gasteiger partial charge is 0.459 e. The van der Waals surface area contributed by atoms with Crippen LogP contribution in [-0.4, -0.2) is 42.1 Å². The quantitative estimate of drug-likeness (QED) is 0.367. The second-order valence-electron chi connectivity index (χ2n) is 11.0. The van der Waals surface area contributed by atoms with E-state index in [9.17, 15) is 19.2 Å². The smallest absolute Gasteiger partial charge is 0.323 e. The zero-order valence-electron chi connectivity index (χ0n) is 22.9. The van der Waals surface area contributed by atoms with Crippen LogP contribution in [0.5, 0.6) is 11.5 Å². The second-order valence-corrected chi connectivity index (χ2v) is 11.0. The van der Waals surface area contributed by atoms with E-state index in [2.05, 4.69) is 0 Å². The van der Waals surface area contributed by atoms with Gasteiger partial charge in [-0.25, -0.2) is 0 Å². The molecule has 3 atom stereocenters. The van der Waals surface area contributed by atoms with E-state index in [1.807, 2.05) is 6.92 Å². The van der Waals surface area contributed by atoms with Gasteiger partial charge >= 0.3 is 23.9 Å². The van der Waals surface area contributed by atoms with Crippen molar-refractivity contribution in [1.82, 2.24) is 0 Å². The molecule has 1 aromatic carbocycles. The van der Waals surface area contributed by atoms with Crippen LogP contribution in [0.3, 0.4) is 0 Å². The molecular weight excluding hydrogens is 466 g/mol. The van der Waals surface area contributed by atoms with Gasteiger partial charge in [-0.05, 0) is 85.9 Å². The van der Waals surface area contributed by atoms with Crippen LogP contribution >= 0.6 is 0 Å². The van der Waals surface area contributed by atoms with Gasteiger partial charge < -0.3 is 24.7 Å². The van der Waals surface area contributed by atoms with Crippen LogP contribution in [0.1, 0.15) is 80.7 Å². The highest BCUT2D eigenvalue weighted by molar-refractivity contribution is 5.81. The van der Waals surface area contributed by atoms with Crippen molar-refractivity contribution in [2.24, 2.45) is 16.6 Å². The van der Waals surface area contributed by atoms with E-state index >= 15 is 0 Å².